The van der Waals surface area contributed by atoms with Gasteiger partial charge >= 0.3 is 12.1 Å². The van der Waals surface area contributed by atoms with Crippen LogP contribution in [-0.2, 0) is 23.4 Å². The van der Waals surface area contributed by atoms with Gasteiger partial charge in [-0.25, -0.2) is 0 Å². The SMILES string of the molecule is O=C(O)CCc1ccc(C(=O)C2CCN(CC(O)(c3cn(Cc4ccccc4)c4cc([N+](=O)[O-])ccc34)C(F)(F)F)CC2)cc1. The number of carbonyl (C=O) groups excluding carboxylic acids is 1. The normalized spacial score (nSPS) is 16.0. The molecular weight excluding hydrogens is 591 g/mol. The standard InChI is InChI=1S/C33H32F3N3O6/c34-33(35,36)32(43,21-37-16-14-25(15-17-37)31(42)24-9-6-22(7-10-24)8-13-30(40)41)28-20-38(19-23-4-2-1-3-5-23)29-18-26(39(44)45)11-12-27(28)29/h1-7,9-12,18,20,25,43H,8,13-17,19,21H2,(H,40,41). The summed E-state index contributed by atoms with van der Waals surface area (Å²) in [4.78, 5) is 36.3. The number of aromatic nitrogens is 1. The van der Waals surface area contributed by atoms with Crippen LogP contribution in [0.4, 0.5) is 18.9 Å². The Morgan fingerprint density at radius 1 is 0.956 bits per heavy atom. The second-order valence-corrected chi connectivity index (χ2v) is 11.5. The molecule has 12 heteroatoms. The van der Waals surface area contributed by atoms with E-state index in [4.69, 9.17) is 5.11 Å². The number of carboxylic acid groups (broad SMARTS) is 1. The van der Waals surface area contributed by atoms with Gasteiger partial charge in [0.25, 0.3) is 5.69 Å². The highest BCUT2D eigenvalue weighted by atomic mass is 19.4. The van der Waals surface area contributed by atoms with Crippen molar-refractivity contribution in [2.75, 3.05) is 19.6 Å². The van der Waals surface area contributed by atoms with Gasteiger partial charge in [-0.3, -0.25) is 24.6 Å². The third-order valence-electron chi connectivity index (χ3n) is 8.46. The first-order valence-electron chi connectivity index (χ1n) is 14.5. The summed E-state index contributed by atoms with van der Waals surface area (Å²) >= 11 is 0. The Labute approximate surface area is 256 Å². The second kappa shape index (κ2) is 12.8. The number of ketones is 1. The number of non-ortho nitro benzene ring substituents is 1. The predicted molar refractivity (Wildman–Crippen MR) is 160 cm³/mol. The van der Waals surface area contributed by atoms with E-state index in [1.165, 1.54) is 27.8 Å². The number of Topliss-reactive ketones (excluding diaryl/α,β-unsaturated/α-hetero) is 1. The van der Waals surface area contributed by atoms with Crippen LogP contribution in [0, 0.1) is 16.0 Å². The average Bonchev–Trinajstić information content (AvgIpc) is 3.38. The lowest BCUT2D eigenvalue weighted by molar-refractivity contribution is -0.384. The van der Waals surface area contributed by atoms with Crippen molar-refractivity contribution in [3.8, 4) is 0 Å². The lowest BCUT2D eigenvalue weighted by atomic mass is 9.86. The number of nitro groups is 1. The highest BCUT2D eigenvalue weighted by molar-refractivity contribution is 5.98. The summed E-state index contributed by atoms with van der Waals surface area (Å²) in [6, 6.07) is 19.2. The quantitative estimate of drug-likeness (QED) is 0.120. The van der Waals surface area contributed by atoms with E-state index >= 15 is 0 Å². The molecule has 236 valence electrons. The fourth-order valence-electron chi connectivity index (χ4n) is 5.96. The minimum atomic E-state index is -5.07. The molecule has 1 aliphatic rings. The van der Waals surface area contributed by atoms with E-state index in [1.54, 1.807) is 54.6 Å². The Morgan fingerprint density at radius 3 is 2.22 bits per heavy atom. The Balaban J connectivity index is 1.37. The first-order valence-corrected chi connectivity index (χ1v) is 14.5. The third kappa shape index (κ3) is 6.91. The second-order valence-electron chi connectivity index (χ2n) is 11.5. The van der Waals surface area contributed by atoms with Gasteiger partial charge in [0, 0.05) is 60.3 Å². The van der Waals surface area contributed by atoms with Crippen LogP contribution in [0.3, 0.4) is 0 Å². The largest absolute Gasteiger partial charge is 0.481 e. The van der Waals surface area contributed by atoms with Crippen molar-refractivity contribution < 1.29 is 37.9 Å². The fourth-order valence-corrected chi connectivity index (χ4v) is 5.96. The number of likely N-dealkylation sites (tertiary alicyclic amines) is 1. The molecule has 1 unspecified atom stereocenters. The zero-order chi connectivity index (χ0) is 32.4. The van der Waals surface area contributed by atoms with Crippen LogP contribution >= 0.6 is 0 Å². The van der Waals surface area contributed by atoms with E-state index in [9.17, 15) is 38.0 Å². The maximum absolute atomic E-state index is 14.8. The van der Waals surface area contributed by atoms with Crippen molar-refractivity contribution in [1.29, 1.82) is 0 Å². The van der Waals surface area contributed by atoms with Crippen molar-refractivity contribution in [1.82, 2.24) is 9.47 Å². The minimum absolute atomic E-state index is 0.0243. The van der Waals surface area contributed by atoms with E-state index in [-0.39, 0.29) is 48.4 Å². The summed E-state index contributed by atoms with van der Waals surface area (Å²) < 4.78 is 45.9. The number of benzene rings is 3. The first-order chi connectivity index (χ1) is 21.4. The Morgan fingerprint density at radius 2 is 1.62 bits per heavy atom. The van der Waals surface area contributed by atoms with Gasteiger partial charge in [0.15, 0.2) is 5.78 Å². The predicted octanol–water partition coefficient (Wildman–Crippen LogP) is 5.96. The Kier molecular flexibility index (Phi) is 9.08. The number of rotatable bonds is 11. The average molecular weight is 624 g/mol. The van der Waals surface area contributed by atoms with Crippen LogP contribution in [0.25, 0.3) is 10.9 Å². The van der Waals surface area contributed by atoms with E-state index < -0.39 is 40.7 Å². The molecular formula is C33H32F3N3O6. The summed E-state index contributed by atoms with van der Waals surface area (Å²) in [5.74, 6) is -1.45. The number of halogens is 3. The molecule has 1 saturated heterocycles. The molecule has 3 aromatic carbocycles. The number of alkyl halides is 3. The zero-order valence-corrected chi connectivity index (χ0v) is 24.2. The molecule has 0 radical (unpaired) electrons. The number of fused-ring (bicyclic) bond motifs is 1. The third-order valence-corrected chi connectivity index (χ3v) is 8.46. The number of aryl methyl sites for hydroxylation is 1. The number of carboxylic acids is 1. The smallest absolute Gasteiger partial charge is 0.422 e. The lowest BCUT2D eigenvalue weighted by Gasteiger charge is -2.38. The molecule has 0 saturated carbocycles. The topological polar surface area (TPSA) is 126 Å². The van der Waals surface area contributed by atoms with Crippen molar-refractivity contribution in [3.05, 3.63) is 111 Å². The fraction of sp³-hybridized carbons (Fsp3) is 0.333. The molecule has 5 rings (SSSR count). The Bertz CT molecular complexity index is 1700. The zero-order valence-electron chi connectivity index (χ0n) is 24.2. The minimum Gasteiger partial charge on any atom is -0.481 e. The summed E-state index contributed by atoms with van der Waals surface area (Å²) in [6.45, 7) is -0.323. The van der Waals surface area contributed by atoms with Crippen LogP contribution in [0.5, 0.6) is 0 Å². The van der Waals surface area contributed by atoms with Crippen LogP contribution in [-0.4, -0.2) is 62.2 Å². The van der Waals surface area contributed by atoms with Crippen LogP contribution < -0.4 is 0 Å². The van der Waals surface area contributed by atoms with Crippen molar-refractivity contribution in [2.24, 2.45) is 5.92 Å². The van der Waals surface area contributed by atoms with E-state index in [0.29, 0.717) is 24.8 Å². The van der Waals surface area contributed by atoms with Gasteiger partial charge < -0.3 is 14.8 Å². The van der Waals surface area contributed by atoms with E-state index in [0.717, 1.165) is 17.2 Å². The summed E-state index contributed by atoms with van der Waals surface area (Å²) in [6.07, 6.45) is -2.93. The molecule has 0 spiro atoms. The monoisotopic (exact) mass is 623 g/mol. The number of nitrogens with zero attached hydrogens (tertiary/aromatic N) is 3. The first kappa shape index (κ1) is 31.9. The van der Waals surface area contributed by atoms with Gasteiger partial charge in [-0.1, -0.05) is 54.6 Å². The van der Waals surface area contributed by atoms with Gasteiger partial charge in [-0.05, 0) is 49.5 Å². The highest BCUT2D eigenvalue weighted by Gasteiger charge is 2.57. The molecule has 0 aliphatic carbocycles. The van der Waals surface area contributed by atoms with Gasteiger partial charge in [0.2, 0.25) is 5.60 Å². The molecule has 0 bridgehead atoms. The molecule has 9 nitrogen and oxygen atoms in total. The molecule has 1 aliphatic heterocycles. The van der Waals surface area contributed by atoms with Crippen LogP contribution in [0.1, 0.15) is 46.3 Å². The summed E-state index contributed by atoms with van der Waals surface area (Å²) in [7, 11) is 0. The highest BCUT2D eigenvalue weighted by Crippen LogP contribution is 2.44. The number of piperidine rings is 1. The molecule has 0 amide bonds. The van der Waals surface area contributed by atoms with Crippen molar-refractivity contribution in [2.45, 2.75) is 44.0 Å². The molecule has 2 heterocycles. The van der Waals surface area contributed by atoms with Gasteiger partial charge in [-0.15, -0.1) is 0 Å². The van der Waals surface area contributed by atoms with E-state index in [1.807, 2.05) is 0 Å². The number of aliphatic hydroxyl groups is 1. The van der Waals surface area contributed by atoms with Crippen molar-refractivity contribution in [3.63, 3.8) is 0 Å². The van der Waals surface area contributed by atoms with Gasteiger partial charge in [0.05, 0.1) is 10.4 Å². The number of β-amino-alcohol motifs (C(OH)–C–C–N with tert-alkyl or cyclic N) is 1. The molecule has 2 N–H and O–H groups in total. The number of aliphatic carboxylic acids is 1. The van der Waals surface area contributed by atoms with Crippen LogP contribution in [0.2, 0.25) is 0 Å². The number of hydrogen-bond donors (Lipinski definition) is 2. The number of nitro benzene ring substituents is 1. The van der Waals surface area contributed by atoms with Crippen LogP contribution in [0.15, 0.2) is 79.0 Å². The summed E-state index contributed by atoms with van der Waals surface area (Å²) in [5.41, 5.74) is -1.75. The van der Waals surface area contributed by atoms with Crippen molar-refractivity contribution >= 4 is 28.3 Å². The summed E-state index contributed by atoms with van der Waals surface area (Å²) in [5, 5.41) is 31.9. The van der Waals surface area contributed by atoms with Gasteiger partial charge in [0.1, 0.15) is 0 Å². The Hall–Kier alpha value is -4.55. The maximum atomic E-state index is 14.8. The van der Waals surface area contributed by atoms with Gasteiger partial charge in [-0.2, -0.15) is 13.2 Å². The maximum Gasteiger partial charge on any atom is 0.422 e. The molecule has 4 aromatic rings. The lowest BCUT2D eigenvalue weighted by Crippen LogP contribution is -2.52. The van der Waals surface area contributed by atoms with E-state index in [2.05, 4.69) is 0 Å². The molecule has 1 aromatic heterocycles. The molecule has 45 heavy (non-hydrogen) atoms. The number of hydrogen-bond acceptors (Lipinski definition) is 6. The molecule has 1 atom stereocenters. The number of carbonyl (C=O) groups is 2. The molecule has 1 fully saturated rings.